The van der Waals surface area contributed by atoms with Crippen molar-refractivity contribution in [1.82, 2.24) is 10.2 Å². The Hall–Kier alpha value is -2.12. The molecule has 0 spiro atoms. The smallest absolute Gasteiger partial charge is 0.352 e. The summed E-state index contributed by atoms with van der Waals surface area (Å²) in [6.45, 7) is 2.06. The minimum atomic E-state index is -4.63. The zero-order valence-electron chi connectivity index (χ0n) is 12.4. The second-order valence-corrected chi connectivity index (χ2v) is 5.35. The van der Waals surface area contributed by atoms with Gasteiger partial charge in [-0.05, 0) is 30.7 Å². The number of benzene rings is 1. The average molecular weight is 332 g/mol. The molecule has 126 valence electrons. The summed E-state index contributed by atoms with van der Waals surface area (Å²) in [5.74, 6) is -2.07. The van der Waals surface area contributed by atoms with E-state index in [-0.39, 0.29) is 24.4 Å². The summed E-state index contributed by atoms with van der Waals surface area (Å²) in [4.78, 5) is 25.1. The molecule has 1 N–H and O–H groups in total. The van der Waals surface area contributed by atoms with Gasteiger partial charge in [-0.15, -0.1) is 0 Å². The number of nitrogens with zero attached hydrogens (tertiary/aromatic N) is 1. The molecule has 0 saturated carbocycles. The van der Waals surface area contributed by atoms with Crippen LogP contribution in [0.1, 0.15) is 24.5 Å². The topological polar surface area (TPSA) is 49.4 Å². The quantitative estimate of drug-likeness (QED) is 0.861. The second-order valence-electron chi connectivity index (χ2n) is 5.35. The van der Waals surface area contributed by atoms with E-state index in [1.54, 1.807) is 6.92 Å². The lowest BCUT2D eigenvalue weighted by atomic mass is 10.1. The summed E-state index contributed by atoms with van der Waals surface area (Å²) < 4.78 is 51.8. The first-order chi connectivity index (χ1) is 10.7. The van der Waals surface area contributed by atoms with Crippen LogP contribution in [0.25, 0.3) is 0 Å². The van der Waals surface area contributed by atoms with Crippen LogP contribution in [0.4, 0.5) is 17.6 Å². The highest BCUT2D eigenvalue weighted by Crippen LogP contribution is 2.32. The van der Waals surface area contributed by atoms with E-state index < -0.39 is 35.9 Å². The molecule has 1 aromatic rings. The van der Waals surface area contributed by atoms with Crippen molar-refractivity contribution in [1.29, 1.82) is 0 Å². The number of hydrogen-bond donors (Lipinski definition) is 1. The van der Waals surface area contributed by atoms with Crippen molar-refractivity contribution in [2.24, 2.45) is 5.92 Å². The van der Waals surface area contributed by atoms with Gasteiger partial charge in [0.05, 0.1) is 11.5 Å². The number of carbonyl (C=O) groups is 2. The van der Waals surface area contributed by atoms with Crippen molar-refractivity contribution < 1.29 is 27.2 Å². The third-order valence-electron chi connectivity index (χ3n) is 3.79. The lowest BCUT2D eigenvalue weighted by molar-refractivity contribution is -0.138. The third kappa shape index (κ3) is 4.00. The van der Waals surface area contributed by atoms with Gasteiger partial charge in [-0.3, -0.25) is 9.59 Å². The van der Waals surface area contributed by atoms with E-state index in [2.05, 4.69) is 5.32 Å². The molecule has 1 fully saturated rings. The van der Waals surface area contributed by atoms with Gasteiger partial charge in [0.2, 0.25) is 11.8 Å². The van der Waals surface area contributed by atoms with Crippen LogP contribution >= 0.6 is 0 Å². The molecule has 2 rings (SSSR count). The SMILES string of the molecule is CCN1C[C@H](C(=O)NCc2cc(F)ccc2C(F)(F)F)CC1=O. The number of carbonyl (C=O) groups excluding carboxylic acids is 2. The molecule has 0 aliphatic carbocycles. The maximum absolute atomic E-state index is 13.2. The van der Waals surface area contributed by atoms with Crippen LogP contribution in [0.15, 0.2) is 18.2 Å². The van der Waals surface area contributed by atoms with Crippen LogP contribution in [-0.2, 0) is 22.3 Å². The van der Waals surface area contributed by atoms with Crippen LogP contribution < -0.4 is 5.32 Å². The van der Waals surface area contributed by atoms with Gasteiger partial charge >= 0.3 is 6.18 Å². The minimum Gasteiger partial charge on any atom is -0.352 e. The summed E-state index contributed by atoms with van der Waals surface area (Å²) in [6, 6.07) is 2.12. The first kappa shape index (κ1) is 17.2. The van der Waals surface area contributed by atoms with Crippen molar-refractivity contribution in [2.45, 2.75) is 26.1 Å². The Morgan fingerprint density at radius 3 is 2.65 bits per heavy atom. The maximum atomic E-state index is 13.2. The summed E-state index contributed by atoms with van der Waals surface area (Å²) in [5, 5.41) is 2.36. The molecule has 4 nitrogen and oxygen atoms in total. The van der Waals surface area contributed by atoms with Gasteiger partial charge in [-0.1, -0.05) is 0 Å². The van der Waals surface area contributed by atoms with Crippen molar-refractivity contribution >= 4 is 11.8 Å². The van der Waals surface area contributed by atoms with Gasteiger partial charge in [0.25, 0.3) is 0 Å². The highest BCUT2D eigenvalue weighted by molar-refractivity contribution is 5.89. The predicted molar refractivity (Wildman–Crippen MR) is 73.6 cm³/mol. The van der Waals surface area contributed by atoms with Crippen molar-refractivity contribution in [3.63, 3.8) is 0 Å². The summed E-state index contributed by atoms with van der Waals surface area (Å²) >= 11 is 0. The molecule has 1 heterocycles. The Morgan fingerprint density at radius 1 is 1.39 bits per heavy atom. The lowest BCUT2D eigenvalue weighted by Gasteiger charge is -2.16. The van der Waals surface area contributed by atoms with Crippen LogP contribution in [0, 0.1) is 11.7 Å². The number of nitrogens with one attached hydrogen (secondary N) is 1. The number of halogens is 4. The van der Waals surface area contributed by atoms with E-state index in [9.17, 15) is 27.2 Å². The van der Waals surface area contributed by atoms with Crippen molar-refractivity contribution in [2.75, 3.05) is 13.1 Å². The molecule has 1 aromatic carbocycles. The molecule has 1 aliphatic heterocycles. The molecule has 1 atom stereocenters. The molecule has 8 heteroatoms. The van der Waals surface area contributed by atoms with E-state index in [4.69, 9.17) is 0 Å². The molecule has 1 aliphatic rings. The van der Waals surface area contributed by atoms with Gasteiger partial charge in [0, 0.05) is 26.1 Å². The number of rotatable bonds is 4. The van der Waals surface area contributed by atoms with Crippen LogP contribution in [0.5, 0.6) is 0 Å². The summed E-state index contributed by atoms with van der Waals surface area (Å²) in [6.07, 6.45) is -4.59. The normalized spacial score (nSPS) is 18.4. The average Bonchev–Trinajstić information content (AvgIpc) is 2.84. The number of alkyl halides is 3. The minimum absolute atomic E-state index is 0.0367. The third-order valence-corrected chi connectivity index (χ3v) is 3.79. The number of amides is 2. The number of likely N-dealkylation sites (tertiary alicyclic amines) is 1. The van der Waals surface area contributed by atoms with Gasteiger partial charge < -0.3 is 10.2 Å². The fourth-order valence-corrected chi connectivity index (χ4v) is 2.57. The zero-order chi connectivity index (χ0) is 17.2. The fraction of sp³-hybridized carbons (Fsp3) is 0.467. The molecule has 2 amide bonds. The van der Waals surface area contributed by atoms with Crippen molar-refractivity contribution in [3.8, 4) is 0 Å². The Kier molecular flexibility index (Phi) is 4.91. The molecule has 23 heavy (non-hydrogen) atoms. The fourth-order valence-electron chi connectivity index (χ4n) is 2.57. The van der Waals surface area contributed by atoms with Crippen LogP contribution in [-0.4, -0.2) is 29.8 Å². The Labute approximate surface area is 130 Å². The van der Waals surface area contributed by atoms with Crippen LogP contribution in [0.2, 0.25) is 0 Å². The van der Waals surface area contributed by atoms with E-state index in [0.29, 0.717) is 12.6 Å². The molecular formula is C15H16F4N2O2. The van der Waals surface area contributed by atoms with Gasteiger partial charge in [-0.2, -0.15) is 13.2 Å². The Morgan fingerprint density at radius 2 is 2.09 bits per heavy atom. The summed E-state index contributed by atoms with van der Waals surface area (Å²) in [5.41, 5.74) is -1.33. The maximum Gasteiger partial charge on any atom is 0.416 e. The summed E-state index contributed by atoms with van der Waals surface area (Å²) in [7, 11) is 0. The standard InChI is InChI=1S/C15H16F4N2O2/c1-2-21-8-10(6-13(21)22)14(23)20-7-9-5-11(16)3-4-12(9)15(17,18)19/h3-5,10H,2,6-8H2,1H3,(H,20,23)/t10-/m1/s1. The second kappa shape index (κ2) is 6.55. The highest BCUT2D eigenvalue weighted by atomic mass is 19.4. The first-order valence-electron chi connectivity index (χ1n) is 7.13. The molecule has 0 bridgehead atoms. The van der Waals surface area contributed by atoms with Gasteiger partial charge in [0.15, 0.2) is 0 Å². The number of hydrogen-bond acceptors (Lipinski definition) is 2. The van der Waals surface area contributed by atoms with E-state index >= 15 is 0 Å². The molecule has 0 radical (unpaired) electrons. The molecular weight excluding hydrogens is 316 g/mol. The highest BCUT2D eigenvalue weighted by Gasteiger charge is 2.35. The monoisotopic (exact) mass is 332 g/mol. The molecule has 0 unspecified atom stereocenters. The predicted octanol–water partition coefficient (Wildman–Crippen LogP) is 2.33. The van der Waals surface area contributed by atoms with E-state index in [1.165, 1.54) is 4.90 Å². The Bertz CT molecular complexity index is 616. The van der Waals surface area contributed by atoms with Gasteiger partial charge in [0.1, 0.15) is 5.82 Å². The van der Waals surface area contributed by atoms with Crippen LogP contribution in [0.3, 0.4) is 0 Å². The van der Waals surface area contributed by atoms with E-state index in [1.807, 2.05) is 0 Å². The largest absolute Gasteiger partial charge is 0.416 e. The van der Waals surface area contributed by atoms with Gasteiger partial charge in [-0.25, -0.2) is 4.39 Å². The zero-order valence-corrected chi connectivity index (χ0v) is 12.4. The first-order valence-corrected chi connectivity index (χ1v) is 7.13. The van der Waals surface area contributed by atoms with E-state index in [0.717, 1.165) is 12.1 Å². The lowest BCUT2D eigenvalue weighted by Crippen LogP contribution is -2.33. The molecule has 1 saturated heterocycles. The molecule has 0 aromatic heterocycles. The Balaban J connectivity index is 2.05. The van der Waals surface area contributed by atoms with Crippen molar-refractivity contribution in [3.05, 3.63) is 35.1 Å².